The standard InChI is InChI=1S/C26H26N2O7/c1-28(21-9-5-4-8-20(21)26(31)27-16-19-7-6-14-34-19)24(29)17-35-22-12-10-18(15-23(22)32-2)11-13-25(30)33-3/h4-15H,16-17H2,1-3H3,(H,27,31)/b13-11+. The largest absolute Gasteiger partial charge is 0.493 e. The second kappa shape index (κ2) is 12.1. The van der Waals surface area contributed by atoms with Gasteiger partial charge in [-0.15, -0.1) is 0 Å². The molecule has 1 heterocycles. The number of anilines is 1. The van der Waals surface area contributed by atoms with Gasteiger partial charge in [0.15, 0.2) is 18.1 Å². The first-order valence-electron chi connectivity index (χ1n) is 10.7. The van der Waals surface area contributed by atoms with Crippen molar-refractivity contribution in [2.45, 2.75) is 6.54 Å². The van der Waals surface area contributed by atoms with Gasteiger partial charge in [-0.05, 0) is 48.0 Å². The molecule has 3 rings (SSSR count). The number of benzene rings is 2. The smallest absolute Gasteiger partial charge is 0.330 e. The molecule has 2 amide bonds. The number of likely N-dealkylation sites (N-methyl/N-ethyl adjacent to an activating group) is 1. The number of ether oxygens (including phenoxy) is 3. The van der Waals surface area contributed by atoms with Crippen LogP contribution in [0, 0.1) is 0 Å². The van der Waals surface area contributed by atoms with Crippen molar-refractivity contribution in [3.8, 4) is 11.5 Å². The highest BCUT2D eigenvalue weighted by atomic mass is 16.5. The molecule has 2 aromatic carbocycles. The Kier molecular flexibility index (Phi) is 8.66. The minimum atomic E-state index is -0.479. The molecule has 0 unspecified atom stereocenters. The summed E-state index contributed by atoms with van der Waals surface area (Å²) in [7, 11) is 4.34. The van der Waals surface area contributed by atoms with Crippen molar-refractivity contribution in [1.82, 2.24) is 5.32 Å². The Balaban J connectivity index is 1.66. The van der Waals surface area contributed by atoms with Gasteiger partial charge in [-0.3, -0.25) is 9.59 Å². The number of amides is 2. The molecule has 0 aliphatic carbocycles. The predicted molar refractivity (Wildman–Crippen MR) is 129 cm³/mol. The van der Waals surface area contributed by atoms with Crippen LogP contribution in [-0.2, 0) is 20.9 Å². The molecule has 1 N–H and O–H groups in total. The Hall–Kier alpha value is -4.53. The average Bonchev–Trinajstić information content (AvgIpc) is 3.42. The molecule has 0 spiro atoms. The number of carbonyl (C=O) groups is 3. The lowest BCUT2D eigenvalue weighted by atomic mass is 10.1. The van der Waals surface area contributed by atoms with Crippen LogP contribution in [0.4, 0.5) is 5.69 Å². The number of methoxy groups -OCH3 is 2. The van der Waals surface area contributed by atoms with Gasteiger partial charge in [-0.2, -0.15) is 0 Å². The average molecular weight is 479 g/mol. The van der Waals surface area contributed by atoms with E-state index in [9.17, 15) is 14.4 Å². The summed E-state index contributed by atoms with van der Waals surface area (Å²) in [6.07, 6.45) is 4.39. The molecule has 35 heavy (non-hydrogen) atoms. The third-order valence-corrected chi connectivity index (χ3v) is 5.04. The number of nitrogens with one attached hydrogen (secondary N) is 1. The van der Waals surface area contributed by atoms with Gasteiger partial charge in [0.1, 0.15) is 5.76 Å². The molecular weight excluding hydrogens is 452 g/mol. The zero-order valence-electron chi connectivity index (χ0n) is 19.6. The summed E-state index contributed by atoms with van der Waals surface area (Å²) in [6, 6.07) is 15.3. The van der Waals surface area contributed by atoms with Crippen LogP contribution in [0.25, 0.3) is 6.08 Å². The second-order valence-electron chi connectivity index (χ2n) is 7.29. The maximum absolute atomic E-state index is 12.9. The number of furan rings is 1. The Morgan fingerprint density at radius 3 is 2.54 bits per heavy atom. The van der Waals surface area contributed by atoms with Crippen LogP contribution < -0.4 is 19.7 Å². The third-order valence-electron chi connectivity index (χ3n) is 5.04. The number of rotatable bonds is 10. The maximum Gasteiger partial charge on any atom is 0.330 e. The molecule has 9 nitrogen and oxygen atoms in total. The highest BCUT2D eigenvalue weighted by molar-refractivity contribution is 6.04. The van der Waals surface area contributed by atoms with E-state index in [2.05, 4.69) is 10.1 Å². The van der Waals surface area contributed by atoms with E-state index in [1.807, 2.05) is 0 Å². The highest BCUT2D eigenvalue weighted by Crippen LogP contribution is 2.29. The zero-order valence-corrected chi connectivity index (χ0v) is 19.6. The Bertz CT molecular complexity index is 1200. The van der Waals surface area contributed by atoms with E-state index in [1.165, 1.54) is 31.5 Å². The van der Waals surface area contributed by atoms with Gasteiger partial charge in [0.2, 0.25) is 0 Å². The first-order chi connectivity index (χ1) is 16.9. The van der Waals surface area contributed by atoms with Crippen LogP contribution in [0.15, 0.2) is 71.4 Å². The van der Waals surface area contributed by atoms with Gasteiger partial charge in [0.05, 0.1) is 38.3 Å². The highest BCUT2D eigenvalue weighted by Gasteiger charge is 2.19. The summed E-state index contributed by atoms with van der Waals surface area (Å²) in [6.45, 7) is -0.0574. The Labute approximate surface area is 202 Å². The Morgan fingerprint density at radius 1 is 1.03 bits per heavy atom. The SMILES string of the molecule is COC(=O)/C=C/c1ccc(OCC(=O)N(C)c2ccccc2C(=O)NCc2ccco2)c(OC)c1. The van der Waals surface area contributed by atoms with Crippen molar-refractivity contribution in [1.29, 1.82) is 0 Å². The van der Waals surface area contributed by atoms with E-state index in [1.54, 1.807) is 67.7 Å². The number of esters is 1. The van der Waals surface area contributed by atoms with Gasteiger partial charge in [-0.25, -0.2) is 4.79 Å². The van der Waals surface area contributed by atoms with E-state index >= 15 is 0 Å². The van der Waals surface area contributed by atoms with Crippen molar-refractivity contribution in [2.75, 3.05) is 32.8 Å². The van der Waals surface area contributed by atoms with Crippen LogP contribution in [0.1, 0.15) is 21.7 Å². The van der Waals surface area contributed by atoms with Gasteiger partial charge < -0.3 is 28.8 Å². The molecule has 0 bridgehead atoms. The molecule has 0 atom stereocenters. The summed E-state index contributed by atoms with van der Waals surface area (Å²) in [5.41, 5.74) is 1.47. The van der Waals surface area contributed by atoms with E-state index in [4.69, 9.17) is 13.9 Å². The molecule has 182 valence electrons. The van der Waals surface area contributed by atoms with Crippen molar-refractivity contribution >= 4 is 29.5 Å². The van der Waals surface area contributed by atoms with Crippen molar-refractivity contribution in [3.05, 3.63) is 83.8 Å². The lowest BCUT2D eigenvalue weighted by Crippen LogP contribution is -2.33. The minimum absolute atomic E-state index is 0.228. The molecule has 0 saturated carbocycles. The summed E-state index contributed by atoms with van der Waals surface area (Å²) < 4.78 is 20.8. The lowest BCUT2D eigenvalue weighted by Gasteiger charge is -2.21. The van der Waals surface area contributed by atoms with Gasteiger partial charge >= 0.3 is 5.97 Å². The van der Waals surface area contributed by atoms with Crippen molar-refractivity contribution in [2.24, 2.45) is 0 Å². The fourth-order valence-electron chi connectivity index (χ4n) is 3.14. The second-order valence-corrected chi connectivity index (χ2v) is 7.29. The van der Waals surface area contributed by atoms with Gasteiger partial charge in [-0.1, -0.05) is 18.2 Å². The summed E-state index contributed by atoms with van der Waals surface area (Å²) in [5.74, 6) is 0.184. The van der Waals surface area contributed by atoms with Crippen molar-refractivity contribution < 1.29 is 33.0 Å². The number of nitrogens with zero attached hydrogens (tertiary/aromatic N) is 1. The van der Waals surface area contributed by atoms with Crippen molar-refractivity contribution in [3.63, 3.8) is 0 Å². The lowest BCUT2D eigenvalue weighted by molar-refractivity contribution is -0.134. The zero-order chi connectivity index (χ0) is 25.2. The van der Waals surface area contributed by atoms with E-state index in [-0.39, 0.29) is 25.0 Å². The molecule has 0 saturated heterocycles. The number of para-hydroxylation sites is 1. The van der Waals surface area contributed by atoms with Crippen LogP contribution in [0.3, 0.4) is 0 Å². The molecule has 0 aliphatic rings. The van der Waals surface area contributed by atoms with Gasteiger partial charge in [0.25, 0.3) is 11.8 Å². The summed E-state index contributed by atoms with van der Waals surface area (Å²) in [4.78, 5) is 38.2. The van der Waals surface area contributed by atoms with Crippen LogP contribution in [-0.4, -0.2) is 45.7 Å². The van der Waals surface area contributed by atoms with Crippen LogP contribution in [0.2, 0.25) is 0 Å². The van der Waals surface area contributed by atoms with E-state index in [0.29, 0.717) is 34.1 Å². The molecule has 0 aliphatic heterocycles. The fourth-order valence-corrected chi connectivity index (χ4v) is 3.14. The third kappa shape index (κ3) is 6.73. The maximum atomic E-state index is 12.9. The molecule has 9 heteroatoms. The normalized spacial score (nSPS) is 10.6. The molecule has 0 radical (unpaired) electrons. The van der Waals surface area contributed by atoms with E-state index < -0.39 is 5.97 Å². The predicted octanol–water partition coefficient (Wildman–Crippen LogP) is 3.45. The fraction of sp³-hybridized carbons (Fsp3) is 0.192. The summed E-state index contributed by atoms with van der Waals surface area (Å²) >= 11 is 0. The molecule has 3 aromatic rings. The van der Waals surface area contributed by atoms with Crippen LogP contribution >= 0.6 is 0 Å². The molecule has 1 aromatic heterocycles. The Morgan fingerprint density at radius 2 is 1.83 bits per heavy atom. The first kappa shape index (κ1) is 25.1. The van der Waals surface area contributed by atoms with E-state index in [0.717, 1.165) is 0 Å². The topological polar surface area (TPSA) is 107 Å². The number of carbonyl (C=O) groups excluding carboxylic acids is 3. The number of hydrogen-bond acceptors (Lipinski definition) is 7. The quantitative estimate of drug-likeness (QED) is 0.351. The molecular formula is C26H26N2O7. The summed E-state index contributed by atoms with van der Waals surface area (Å²) in [5, 5.41) is 2.78. The molecule has 0 fully saturated rings. The van der Waals surface area contributed by atoms with Crippen LogP contribution in [0.5, 0.6) is 11.5 Å². The van der Waals surface area contributed by atoms with Gasteiger partial charge in [0, 0.05) is 13.1 Å². The monoisotopic (exact) mass is 478 g/mol. The first-order valence-corrected chi connectivity index (χ1v) is 10.7. The number of hydrogen-bond donors (Lipinski definition) is 1. The minimum Gasteiger partial charge on any atom is -0.493 e.